The average Bonchev–Trinajstić information content (AvgIpc) is 2.09. The summed E-state index contributed by atoms with van der Waals surface area (Å²) in [5.74, 6) is -0.995. The molecule has 0 fully saturated rings. The topological polar surface area (TPSA) is 40.1 Å². The minimum Gasteiger partial charge on any atom is -0.550 e. The van der Waals surface area contributed by atoms with Gasteiger partial charge in [0.15, 0.2) is 0 Å². The van der Waals surface area contributed by atoms with Gasteiger partial charge in [-0.1, -0.05) is 43.3 Å². The molecule has 0 spiro atoms. The van der Waals surface area contributed by atoms with E-state index in [-0.39, 0.29) is 36.0 Å². The van der Waals surface area contributed by atoms with Crippen molar-refractivity contribution in [2.75, 3.05) is 0 Å². The van der Waals surface area contributed by atoms with E-state index in [1.165, 1.54) is 6.92 Å². The smallest absolute Gasteiger partial charge is 0.550 e. The molecular weight excluding hydrogens is 163 g/mol. The van der Waals surface area contributed by atoms with E-state index in [9.17, 15) is 9.90 Å². The van der Waals surface area contributed by atoms with Crippen LogP contribution in [0.2, 0.25) is 0 Å². The minimum absolute atomic E-state index is 0. The van der Waals surface area contributed by atoms with Gasteiger partial charge in [-0.05, 0) is 6.42 Å². The first-order chi connectivity index (χ1) is 5.27. The van der Waals surface area contributed by atoms with E-state index < -0.39 is 5.97 Å². The number of carbonyl (C=O) groups is 1. The number of carbonyl (C=O) groups excluding carboxylic acids is 1. The third-order valence-corrected chi connectivity index (χ3v) is 0.955. The van der Waals surface area contributed by atoms with Crippen LogP contribution in [0.4, 0.5) is 0 Å². The molecule has 0 unspecified atom stereocenters. The maximum atomic E-state index is 9.26. The molecular formula is C9H11NaO2. The van der Waals surface area contributed by atoms with E-state index in [1.54, 1.807) is 0 Å². The van der Waals surface area contributed by atoms with Crippen LogP contribution in [0.3, 0.4) is 0 Å². The Morgan fingerprint density at radius 3 is 1.33 bits per heavy atom. The van der Waals surface area contributed by atoms with Crippen LogP contribution in [-0.4, -0.2) is 5.97 Å². The van der Waals surface area contributed by atoms with Gasteiger partial charge in [0.1, 0.15) is 0 Å². The van der Waals surface area contributed by atoms with Crippen LogP contribution in [0.1, 0.15) is 13.3 Å². The van der Waals surface area contributed by atoms with E-state index in [4.69, 9.17) is 0 Å². The summed E-state index contributed by atoms with van der Waals surface area (Å²) in [4.78, 5) is 9.26. The predicted molar refractivity (Wildman–Crippen MR) is 41.7 cm³/mol. The van der Waals surface area contributed by atoms with Crippen molar-refractivity contribution in [3.8, 4) is 0 Å². The van der Waals surface area contributed by atoms with Gasteiger partial charge in [0, 0.05) is 5.97 Å². The van der Waals surface area contributed by atoms with Gasteiger partial charge in [-0.15, -0.1) is 0 Å². The molecule has 0 saturated carbocycles. The average molecular weight is 174 g/mol. The molecule has 0 N–H and O–H groups in total. The van der Waals surface area contributed by atoms with Gasteiger partial charge >= 0.3 is 29.6 Å². The largest absolute Gasteiger partial charge is 1.00 e. The van der Waals surface area contributed by atoms with Crippen molar-refractivity contribution in [1.29, 1.82) is 0 Å². The van der Waals surface area contributed by atoms with E-state index in [0.29, 0.717) is 0 Å². The van der Waals surface area contributed by atoms with Crippen LogP contribution in [0, 0.1) is 0 Å². The Balaban J connectivity index is 0. The second-order valence-corrected chi connectivity index (χ2v) is 1.88. The van der Waals surface area contributed by atoms with Crippen molar-refractivity contribution in [2.45, 2.75) is 13.3 Å². The Morgan fingerprint density at radius 1 is 1.08 bits per heavy atom. The number of carboxylic acid groups (broad SMARTS) is 1. The molecule has 0 heterocycles. The first-order valence-electron chi connectivity index (χ1n) is 3.47. The van der Waals surface area contributed by atoms with E-state index in [2.05, 4.69) is 0 Å². The first kappa shape index (κ1) is 14.2. The Morgan fingerprint density at radius 2 is 1.25 bits per heavy atom. The Hall–Kier alpha value is -0.310. The molecule has 0 aromatic heterocycles. The zero-order valence-corrected chi connectivity index (χ0v) is 9.49. The van der Waals surface area contributed by atoms with Gasteiger partial charge in [0.25, 0.3) is 0 Å². The monoisotopic (exact) mass is 174 g/mol. The Kier molecular flexibility index (Phi) is 12.7. The van der Waals surface area contributed by atoms with Crippen LogP contribution in [0.15, 0.2) is 36.4 Å². The molecule has 60 valence electrons. The van der Waals surface area contributed by atoms with Crippen LogP contribution >= 0.6 is 0 Å². The Labute approximate surface area is 94.9 Å². The SMILES string of the molecule is CCC(=O)[O-].[Na+].c1ccccc1. The third-order valence-electron chi connectivity index (χ3n) is 0.955. The molecule has 3 heteroatoms. The predicted octanol–water partition coefficient (Wildman–Crippen LogP) is -2.16. The van der Waals surface area contributed by atoms with Crippen LogP contribution in [0.5, 0.6) is 0 Å². The van der Waals surface area contributed by atoms with Crippen molar-refractivity contribution in [3.63, 3.8) is 0 Å². The van der Waals surface area contributed by atoms with Crippen LogP contribution < -0.4 is 34.7 Å². The number of carboxylic acids is 1. The zero-order valence-electron chi connectivity index (χ0n) is 7.49. The van der Waals surface area contributed by atoms with Gasteiger partial charge in [0.2, 0.25) is 0 Å². The first-order valence-corrected chi connectivity index (χ1v) is 3.47. The summed E-state index contributed by atoms with van der Waals surface area (Å²) < 4.78 is 0. The van der Waals surface area contributed by atoms with Gasteiger partial charge in [-0.3, -0.25) is 0 Å². The third kappa shape index (κ3) is 12.4. The fourth-order valence-electron chi connectivity index (χ4n) is 0.385. The van der Waals surface area contributed by atoms with Crippen molar-refractivity contribution < 1.29 is 39.5 Å². The molecule has 1 aromatic rings. The van der Waals surface area contributed by atoms with Crippen molar-refractivity contribution in [3.05, 3.63) is 36.4 Å². The second kappa shape index (κ2) is 10.7. The van der Waals surface area contributed by atoms with Crippen LogP contribution in [-0.2, 0) is 4.79 Å². The summed E-state index contributed by atoms with van der Waals surface area (Å²) in [7, 11) is 0. The van der Waals surface area contributed by atoms with Gasteiger partial charge < -0.3 is 9.90 Å². The van der Waals surface area contributed by atoms with E-state index >= 15 is 0 Å². The molecule has 1 rings (SSSR count). The summed E-state index contributed by atoms with van der Waals surface area (Å²) in [5, 5.41) is 9.26. The molecule has 0 atom stereocenters. The molecule has 0 aliphatic carbocycles. The fraction of sp³-hybridized carbons (Fsp3) is 0.222. The standard InChI is InChI=1S/C6H6.C3H6O2.Na/c1-2-4-6-5-3-1;1-2-3(4)5;/h1-6H;2H2,1H3,(H,4,5);/q;;+1/p-1. The van der Waals surface area contributed by atoms with Gasteiger partial charge in [0.05, 0.1) is 0 Å². The second-order valence-electron chi connectivity index (χ2n) is 1.88. The summed E-state index contributed by atoms with van der Waals surface area (Å²) >= 11 is 0. The number of rotatable bonds is 1. The summed E-state index contributed by atoms with van der Waals surface area (Å²) in [6, 6.07) is 12.0. The van der Waals surface area contributed by atoms with Crippen molar-refractivity contribution in [1.82, 2.24) is 0 Å². The van der Waals surface area contributed by atoms with E-state index in [1.807, 2.05) is 36.4 Å². The quantitative estimate of drug-likeness (QED) is 0.455. The van der Waals surface area contributed by atoms with Crippen LogP contribution in [0.25, 0.3) is 0 Å². The number of aliphatic carboxylic acids is 1. The molecule has 2 nitrogen and oxygen atoms in total. The molecule has 0 aliphatic rings. The summed E-state index contributed by atoms with van der Waals surface area (Å²) in [5.41, 5.74) is 0. The Bertz CT molecular complexity index is 160. The molecule has 0 radical (unpaired) electrons. The molecule has 1 aromatic carbocycles. The maximum Gasteiger partial charge on any atom is 1.00 e. The molecule has 0 amide bonds. The number of benzene rings is 1. The molecule has 0 aliphatic heterocycles. The molecule has 0 saturated heterocycles. The van der Waals surface area contributed by atoms with Crippen molar-refractivity contribution >= 4 is 5.97 Å². The van der Waals surface area contributed by atoms with Crippen molar-refractivity contribution in [2.24, 2.45) is 0 Å². The normalized spacial score (nSPS) is 7.08. The zero-order chi connectivity index (χ0) is 8.53. The summed E-state index contributed by atoms with van der Waals surface area (Å²) in [6.45, 7) is 1.54. The van der Waals surface area contributed by atoms with Gasteiger partial charge in [-0.25, -0.2) is 0 Å². The van der Waals surface area contributed by atoms with E-state index in [0.717, 1.165) is 0 Å². The summed E-state index contributed by atoms with van der Waals surface area (Å²) in [6.07, 6.45) is 0.111. The molecule has 0 bridgehead atoms. The number of hydrogen-bond donors (Lipinski definition) is 0. The maximum absolute atomic E-state index is 9.26. The fourth-order valence-corrected chi connectivity index (χ4v) is 0.385. The molecule has 12 heavy (non-hydrogen) atoms. The number of hydrogen-bond acceptors (Lipinski definition) is 2. The van der Waals surface area contributed by atoms with Gasteiger partial charge in [-0.2, -0.15) is 0 Å². The minimum atomic E-state index is -0.995.